The summed E-state index contributed by atoms with van der Waals surface area (Å²) < 4.78 is 27.6. The van der Waals surface area contributed by atoms with Gasteiger partial charge in [-0.2, -0.15) is 0 Å². The zero-order valence-corrected chi connectivity index (χ0v) is 8.90. The van der Waals surface area contributed by atoms with Crippen LogP contribution in [0.3, 0.4) is 0 Å². The van der Waals surface area contributed by atoms with Crippen molar-refractivity contribution < 1.29 is 12.8 Å². The number of aromatic nitrogens is 2. The molecule has 0 atom stereocenters. The number of nitrogens with two attached hydrogens (primary N) is 1. The summed E-state index contributed by atoms with van der Waals surface area (Å²) in [6, 6.07) is 0.352. The van der Waals surface area contributed by atoms with Crippen LogP contribution < -0.4 is 10.6 Å². The standard InChI is InChI=1S/C7H12N4O3S/c8-5-6-9-10-7(14-6)11-1-3-15(12,13)4-2-11/h1-5,8H2. The molecule has 0 amide bonds. The third kappa shape index (κ3) is 2.26. The molecule has 0 saturated carbocycles. The Balaban J connectivity index is 2.07. The van der Waals surface area contributed by atoms with Gasteiger partial charge >= 0.3 is 6.01 Å². The summed E-state index contributed by atoms with van der Waals surface area (Å²) >= 11 is 0. The van der Waals surface area contributed by atoms with Crippen LogP contribution in [0.5, 0.6) is 0 Å². The predicted molar refractivity (Wildman–Crippen MR) is 53.1 cm³/mol. The molecular formula is C7H12N4O3S. The van der Waals surface area contributed by atoms with Gasteiger partial charge in [0.25, 0.3) is 0 Å². The molecule has 0 unspecified atom stereocenters. The molecule has 8 heteroatoms. The second-order valence-corrected chi connectivity index (χ2v) is 5.63. The van der Waals surface area contributed by atoms with Crippen molar-refractivity contribution in [3.8, 4) is 0 Å². The average molecular weight is 232 g/mol. The lowest BCUT2D eigenvalue weighted by Gasteiger charge is -2.24. The molecule has 0 radical (unpaired) electrons. The fourth-order valence-corrected chi connectivity index (χ4v) is 2.56. The number of hydrogen-bond donors (Lipinski definition) is 1. The molecule has 15 heavy (non-hydrogen) atoms. The normalized spacial score (nSPS) is 20.5. The fraction of sp³-hybridized carbons (Fsp3) is 0.714. The maximum Gasteiger partial charge on any atom is 0.318 e. The molecule has 0 aliphatic carbocycles. The summed E-state index contributed by atoms with van der Waals surface area (Å²) in [6.07, 6.45) is 0. The monoisotopic (exact) mass is 232 g/mol. The highest BCUT2D eigenvalue weighted by Crippen LogP contribution is 2.15. The van der Waals surface area contributed by atoms with Crippen molar-refractivity contribution in [3.05, 3.63) is 5.89 Å². The molecule has 1 aromatic rings. The zero-order chi connectivity index (χ0) is 10.9. The van der Waals surface area contributed by atoms with E-state index in [2.05, 4.69) is 10.2 Å². The summed E-state index contributed by atoms with van der Waals surface area (Å²) in [7, 11) is -2.88. The van der Waals surface area contributed by atoms with Crippen LogP contribution in [-0.2, 0) is 16.4 Å². The number of sulfone groups is 1. The third-order valence-electron chi connectivity index (χ3n) is 2.25. The van der Waals surface area contributed by atoms with E-state index >= 15 is 0 Å². The van der Waals surface area contributed by atoms with E-state index in [9.17, 15) is 8.42 Å². The Morgan fingerprint density at radius 3 is 2.53 bits per heavy atom. The molecule has 1 fully saturated rings. The molecule has 1 aromatic heterocycles. The van der Waals surface area contributed by atoms with E-state index in [-0.39, 0.29) is 18.1 Å². The van der Waals surface area contributed by atoms with Gasteiger partial charge in [-0.25, -0.2) is 8.42 Å². The van der Waals surface area contributed by atoms with Crippen LogP contribution in [0.1, 0.15) is 5.89 Å². The van der Waals surface area contributed by atoms with Gasteiger partial charge in [0.15, 0.2) is 9.84 Å². The van der Waals surface area contributed by atoms with Gasteiger partial charge in [0, 0.05) is 13.1 Å². The predicted octanol–water partition coefficient (Wildman–Crippen LogP) is -1.24. The first-order valence-electron chi connectivity index (χ1n) is 4.58. The van der Waals surface area contributed by atoms with E-state index in [1.807, 2.05) is 0 Å². The SMILES string of the molecule is NCc1nnc(N2CCS(=O)(=O)CC2)o1. The summed E-state index contributed by atoms with van der Waals surface area (Å²) in [6.45, 7) is 0.988. The lowest BCUT2D eigenvalue weighted by molar-refractivity contribution is 0.485. The maximum atomic E-state index is 11.2. The highest BCUT2D eigenvalue weighted by Gasteiger charge is 2.24. The number of hydrogen-bond acceptors (Lipinski definition) is 7. The minimum atomic E-state index is -2.88. The Hall–Kier alpha value is -1.15. The first kappa shape index (κ1) is 10.4. The second kappa shape index (κ2) is 3.78. The van der Waals surface area contributed by atoms with Crippen LogP contribution in [0.4, 0.5) is 6.01 Å². The van der Waals surface area contributed by atoms with Crippen molar-refractivity contribution in [2.75, 3.05) is 29.5 Å². The third-order valence-corrected chi connectivity index (χ3v) is 3.85. The van der Waals surface area contributed by atoms with Gasteiger partial charge in [0.05, 0.1) is 18.1 Å². The molecule has 1 aliphatic heterocycles. The Labute approximate surface area is 87.2 Å². The molecule has 2 rings (SSSR count). The fourth-order valence-electron chi connectivity index (χ4n) is 1.36. The van der Waals surface area contributed by atoms with Crippen LogP contribution >= 0.6 is 0 Å². The minimum absolute atomic E-state index is 0.132. The topological polar surface area (TPSA) is 102 Å². The molecule has 2 heterocycles. The Kier molecular flexibility index (Phi) is 2.61. The van der Waals surface area contributed by atoms with Crippen LogP contribution in [0.25, 0.3) is 0 Å². The second-order valence-electron chi connectivity index (χ2n) is 3.32. The van der Waals surface area contributed by atoms with Crippen LogP contribution in [0.2, 0.25) is 0 Å². The van der Waals surface area contributed by atoms with E-state index < -0.39 is 9.84 Å². The van der Waals surface area contributed by atoms with Crippen LogP contribution in [0.15, 0.2) is 4.42 Å². The van der Waals surface area contributed by atoms with E-state index in [0.29, 0.717) is 25.0 Å². The van der Waals surface area contributed by atoms with Gasteiger partial charge in [-0.3, -0.25) is 0 Å². The van der Waals surface area contributed by atoms with Gasteiger partial charge in [0.2, 0.25) is 5.89 Å². The van der Waals surface area contributed by atoms with Gasteiger partial charge in [0.1, 0.15) is 0 Å². The number of nitrogens with zero attached hydrogens (tertiary/aromatic N) is 3. The number of rotatable bonds is 2. The van der Waals surface area contributed by atoms with Crippen molar-refractivity contribution >= 4 is 15.9 Å². The van der Waals surface area contributed by atoms with E-state index in [4.69, 9.17) is 10.2 Å². The lowest BCUT2D eigenvalue weighted by Crippen LogP contribution is -2.40. The Bertz CT molecular complexity index is 427. The molecule has 0 aromatic carbocycles. The molecule has 0 bridgehead atoms. The number of anilines is 1. The van der Waals surface area contributed by atoms with Crippen molar-refractivity contribution in [2.45, 2.75) is 6.54 Å². The van der Waals surface area contributed by atoms with Crippen LogP contribution in [-0.4, -0.2) is 43.2 Å². The molecule has 2 N–H and O–H groups in total. The zero-order valence-electron chi connectivity index (χ0n) is 8.09. The molecular weight excluding hydrogens is 220 g/mol. The average Bonchev–Trinajstić information content (AvgIpc) is 2.66. The quantitative estimate of drug-likeness (QED) is 0.680. The first-order chi connectivity index (χ1) is 7.11. The van der Waals surface area contributed by atoms with E-state index in [1.165, 1.54) is 0 Å². The summed E-state index contributed by atoms with van der Waals surface area (Å²) in [5.41, 5.74) is 5.33. The highest BCUT2D eigenvalue weighted by atomic mass is 32.2. The largest absolute Gasteiger partial charge is 0.407 e. The summed E-state index contributed by atoms with van der Waals surface area (Å²) in [4.78, 5) is 1.76. The van der Waals surface area contributed by atoms with Crippen molar-refractivity contribution in [3.63, 3.8) is 0 Å². The Morgan fingerprint density at radius 2 is 2.00 bits per heavy atom. The van der Waals surface area contributed by atoms with Gasteiger partial charge in [-0.1, -0.05) is 5.10 Å². The van der Waals surface area contributed by atoms with Gasteiger partial charge in [-0.05, 0) is 0 Å². The van der Waals surface area contributed by atoms with Crippen molar-refractivity contribution in [1.29, 1.82) is 0 Å². The van der Waals surface area contributed by atoms with Gasteiger partial charge in [-0.15, -0.1) is 5.10 Å². The molecule has 7 nitrogen and oxygen atoms in total. The summed E-state index contributed by atoms with van der Waals surface area (Å²) in [5, 5.41) is 7.51. The van der Waals surface area contributed by atoms with E-state index in [0.717, 1.165) is 0 Å². The highest BCUT2D eigenvalue weighted by molar-refractivity contribution is 7.91. The lowest BCUT2D eigenvalue weighted by atomic mass is 10.5. The molecule has 0 spiro atoms. The van der Waals surface area contributed by atoms with Crippen LogP contribution in [0, 0.1) is 0 Å². The smallest absolute Gasteiger partial charge is 0.318 e. The Morgan fingerprint density at radius 1 is 1.33 bits per heavy atom. The molecule has 1 aliphatic rings. The molecule has 84 valence electrons. The first-order valence-corrected chi connectivity index (χ1v) is 6.41. The summed E-state index contributed by atoms with van der Waals surface area (Å²) in [5.74, 6) is 0.624. The van der Waals surface area contributed by atoms with Crippen molar-refractivity contribution in [1.82, 2.24) is 10.2 Å². The van der Waals surface area contributed by atoms with Gasteiger partial charge < -0.3 is 15.1 Å². The maximum absolute atomic E-state index is 11.2. The van der Waals surface area contributed by atoms with E-state index in [1.54, 1.807) is 4.90 Å². The molecule has 1 saturated heterocycles. The minimum Gasteiger partial charge on any atom is -0.407 e. The van der Waals surface area contributed by atoms with Crippen molar-refractivity contribution in [2.24, 2.45) is 5.73 Å².